The van der Waals surface area contributed by atoms with E-state index in [1.54, 1.807) is 0 Å². The van der Waals surface area contributed by atoms with Crippen molar-refractivity contribution in [3.05, 3.63) is 0 Å². The van der Waals surface area contributed by atoms with Crippen LogP contribution in [0.2, 0.25) is 0 Å². The van der Waals surface area contributed by atoms with Crippen molar-refractivity contribution in [3.63, 3.8) is 0 Å². The van der Waals surface area contributed by atoms with E-state index >= 15 is 0 Å². The summed E-state index contributed by atoms with van der Waals surface area (Å²) >= 11 is 0. The molecule has 1 saturated carbocycles. The summed E-state index contributed by atoms with van der Waals surface area (Å²) in [7, 11) is 0. The molecule has 0 aromatic rings. The maximum Gasteiger partial charge on any atom is 0.239 e. The van der Waals surface area contributed by atoms with Crippen molar-refractivity contribution in [3.8, 4) is 0 Å². The van der Waals surface area contributed by atoms with Crippen molar-refractivity contribution in [1.29, 1.82) is 0 Å². The topological polar surface area (TPSA) is 70.2 Å². The number of piperazine rings is 1. The van der Waals surface area contributed by atoms with E-state index in [4.69, 9.17) is 0 Å². The van der Waals surface area contributed by atoms with Crippen molar-refractivity contribution in [2.75, 3.05) is 13.1 Å². The van der Waals surface area contributed by atoms with Gasteiger partial charge < -0.3 is 10.6 Å². The highest BCUT2D eigenvalue weighted by Gasteiger charge is 2.26. The minimum absolute atomic E-state index is 0.0156. The molecular formula is C10H17N3O2. The third kappa shape index (κ3) is 2.68. The monoisotopic (exact) mass is 211 g/mol. The average Bonchev–Trinajstić information content (AvgIpc) is 2.71. The first-order valence-corrected chi connectivity index (χ1v) is 5.56. The predicted molar refractivity (Wildman–Crippen MR) is 55.2 cm³/mol. The molecular weight excluding hydrogens is 194 g/mol. The van der Waals surface area contributed by atoms with Crippen molar-refractivity contribution in [2.24, 2.45) is 0 Å². The van der Waals surface area contributed by atoms with Gasteiger partial charge in [0.05, 0.1) is 6.54 Å². The smallest absolute Gasteiger partial charge is 0.239 e. The number of carbonyl (C=O) groups excluding carboxylic acids is 2. The number of hydrogen-bond acceptors (Lipinski definition) is 3. The first-order chi connectivity index (χ1) is 7.25. The van der Waals surface area contributed by atoms with Crippen LogP contribution in [0.25, 0.3) is 0 Å². The van der Waals surface area contributed by atoms with Crippen molar-refractivity contribution >= 4 is 11.8 Å². The van der Waals surface area contributed by atoms with Crippen LogP contribution in [0.15, 0.2) is 0 Å². The fraction of sp³-hybridized carbons (Fsp3) is 0.800. The first-order valence-electron chi connectivity index (χ1n) is 5.56. The molecule has 1 unspecified atom stereocenters. The predicted octanol–water partition coefficient (Wildman–Crippen LogP) is -0.867. The van der Waals surface area contributed by atoms with Gasteiger partial charge in [-0.1, -0.05) is 12.8 Å². The van der Waals surface area contributed by atoms with Crippen LogP contribution in [0.5, 0.6) is 0 Å². The van der Waals surface area contributed by atoms with E-state index in [1.165, 1.54) is 12.8 Å². The Morgan fingerprint density at radius 1 is 1.33 bits per heavy atom. The molecule has 2 fully saturated rings. The zero-order chi connectivity index (χ0) is 10.7. The van der Waals surface area contributed by atoms with Crippen LogP contribution in [0, 0.1) is 0 Å². The number of amides is 2. The second-order valence-corrected chi connectivity index (χ2v) is 4.23. The van der Waals surface area contributed by atoms with Gasteiger partial charge in [-0.05, 0) is 12.8 Å². The maximum atomic E-state index is 11.7. The standard InChI is InChI=1S/C10H17N3O2/c14-9-6-11-8(5-12-9)10(15)13-7-3-1-2-4-7/h7-8,11H,1-6H2,(H,12,14)(H,13,15). The summed E-state index contributed by atoms with van der Waals surface area (Å²) in [6.45, 7) is 0.639. The Labute approximate surface area is 89.0 Å². The highest BCUT2D eigenvalue weighted by molar-refractivity contribution is 5.86. The molecule has 0 aromatic carbocycles. The Morgan fingerprint density at radius 3 is 2.67 bits per heavy atom. The SMILES string of the molecule is O=C1CNC(C(=O)NC2CCCC2)CN1. The Morgan fingerprint density at radius 2 is 2.07 bits per heavy atom. The number of carbonyl (C=O) groups is 2. The summed E-state index contributed by atoms with van der Waals surface area (Å²) in [5.41, 5.74) is 0. The lowest BCUT2D eigenvalue weighted by molar-refractivity contribution is -0.127. The van der Waals surface area contributed by atoms with Crippen LogP contribution in [0.3, 0.4) is 0 Å². The lowest BCUT2D eigenvalue weighted by Gasteiger charge is -2.24. The molecule has 84 valence electrons. The van der Waals surface area contributed by atoms with Crippen LogP contribution in [-0.4, -0.2) is 37.0 Å². The number of hydrogen-bond donors (Lipinski definition) is 3. The summed E-state index contributed by atoms with van der Waals surface area (Å²) in [6.07, 6.45) is 4.59. The normalized spacial score (nSPS) is 27.5. The van der Waals surface area contributed by atoms with Crippen LogP contribution in [0.4, 0.5) is 0 Å². The van der Waals surface area contributed by atoms with E-state index in [1.807, 2.05) is 0 Å². The molecule has 5 heteroatoms. The third-order valence-corrected chi connectivity index (χ3v) is 3.03. The summed E-state index contributed by atoms with van der Waals surface area (Å²) in [5.74, 6) is -0.0261. The fourth-order valence-corrected chi connectivity index (χ4v) is 2.12. The summed E-state index contributed by atoms with van der Waals surface area (Å²) in [4.78, 5) is 22.6. The molecule has 0 bridgehead atoms. The van der Waals surface area contributed by atoms with Crippen molar-refractivity contribution in [1.82, 2.24) is 16.0 Å². The van der Waals surface area contributed by atoms with Crippen LogP contribution < -0.4 is 16.0 Å². The van der Waals surface area contributed by atoms with E-state index in [0.717, 1.165) is 12.8 Å². The largest absolute Gasteiger partial charge is 0.353 e. The quantitative estimate of drug-likeness (QED) is 0.556. The molecule has 1 heterocycles. The van der Waals surface area contributed by atoms with Gasteiger partial charge in [0.1, 0.15) is 6.04 Å². The van der Waals surface area contributed by atoms with E-state index in [9.17, 15) is 9.59 Å². The number of nitrogens with one attached hydrogen (secondary N) is 3. The first kappa shape index (κ1) is 10.4. The molecule has 1 aliphatic heterocycles. The van der Waals surface area contributed by atoms with Gasteiger partial charge in [0.2, 0.25) is 11.8 Å². The molecule has 5 nitrogen and oxygen atoms in total. The van der Waals surface area contributed by atoms with Gasteiger partial charge in [-0.25, -0.2) is 0 Å². The molecule has 2 rings (SSSR count). The van der Waals surface area contributed by atoms with Crippen LogP contribution in [-0.2, 0) is 9.59 Å². The Kier molecular flexibility index (Phi) is 3.20. The van der Waals surface area contributed by atoms with Gasteiger partial charge >= 0.3 is 0 Å². The zero-order valence-electron chi connectivity index (χ0n) is 8.71. The molecule has 0 aromatic heterocycles. The van der Waals surface area contributed by atoms with Crippen LogP contribution in [0.1, 0.15) is 25.7 Å². The molecule has 0 spiro atoms. The second kappa shape index (κ2) is 4.61. The van der Waals surface area contributed by atoms with Gasteiger partial charge in [-0.3, -0.25) is 14.9 Å². The van der Waals surface area contributed by atoms with Crippen LogP contribution >= 0.6 is 0 Å². The fourth-order valence-electron chi connectivity index (χ4n) is 2.12. The zero-order valence-corrected chi connectivity index (χ0v) is 8.71. The molecule has 0 radical (unpaired) electrons. The second-order valence-electron chi connectivity index (χ2n) is 4.23. The minimum atomic E-state index is -0.261. The molecule has 1 saturated heterocycles. The maximum absolute atomic E-state index is 11.7. The van der Waals surface area contributed by atoms with Crippen molar-refractivity contribution in [2.45, 2.75) is 37.8 Å². The van der Waals surface area contributed by atoms with Gasteiger partial charge in [0.25, 0.3) is 0 Å². The van der Waals surface area contributed by atoms with Gasteiger partial charge in [0.15, 0.2) is 0 Å². The molecule has 2 amide bonds. The molecule has 3 N–H and O–H groups in total. The van der Waals surface area contributed by atoms with Gasteiger partial charge in [-0.15, -0.1) is 0 Å². The lowest BCUT2D eigenvalue weighted by atomic mass is 10.2. The van der Waals surface area contributed by atoms with Crippen molar-refractivity contribution < 1.29 is 9.59 Å². The van der Waals surface area contributed by atoms with E-state index in [-0.39, 0.29) is 24.4 Å². The molecule has 2 aliphatic rings. The highest BCUT2D eigenvalue weighted by Crippen LogP contribution is 2.17. The summed E-state index contributed by atoms with van der Waals surface area (Å²) in [5, 5.41) is 8.60. The lowest BCUT2D eigenvalue weighted by Crippen LogP contribution is -2.58. The van der Waals surface area contributed by atoms with Gasteiger partial charge in [0, 0.05) is 12.6 Å². The molecule has 15 heavy (non-hydrogen) atoms. The van der Waals surface area contributed by atoms with E-state index in [2.05, 4.69) is 16.0 Å². The van der Waals surface area contributed by atoms with E-state index < -0.39 is 0 Å². The number of rotatable bonds is 2. The average molecular weight is 211 g/mol. The Hall–Kier alpha value is -1.10. The Bertz CT molecular complexity index is 251. The highest BCUT2D eigenvalue weighted by atomic mass is 16.2. The minimum Gasteiger partial charge on any atom is -0.353 e. The molecule has 1 aliphatic carbocycles. The Balaban J connectivity index is 1.77. The molecule has 1 atom stereocenters. The summed E-state index contributed by atoms with van der Waals surface area (Å²) < 4.78 is 0. The van der Waals surface area contributed by atoms with Gasteiger partial charge in [-0.2, -0.15) is 0 Å². The summed E-state index contributed by atoms with van der Waals surface area (Å²) in [6, 6.07) is 0.0835. The van der Waals surface area contributed by atoms with E-state index in [0.29, 0.717) is 12.6 Å². The third-order valence-electron chi connectivity index (χ3n) is 3.03.